The molecule has 0 aliphatic heterocycles. The van der Waals surface area contributed by atoms with Crippen molar-refractivity contribution in [1.29, 1.82) is 0 Å². The van der Waals surface area contributed by atoms with E-state index >= 15 is 0 Å². The molecule has 0 unspecified atom stereocenters. The maximum Gasteiger partial charge on any atom is 0.0779 e. The van der Waals surface area contributed by atoms with Crippen molar-refractivity contribution in [2.24, 2.45) is 5.92 Å². The van der Waals surface area contributed by atoms with Crippen molar-refractivity contribution in [2.45, 2.75) is 113 Å². The summed E-state index contributed by atoms with van der Waals surface area (Å²) < 4.78 is -0.219. The van der Waals surface area contributed by atoms with Gasteiger partial charge in [-0.05, 0) is 146 Å². The Hall–Kier alpha value is -7.62. The van der Waals surface area contributed by atoms with Crippen molar-refractivity contribution < 1.29 is 4.65 Å². The van der Waals surface area contributed by atoms with Crippen LogP contribution in [0.1, 0.15) is 158 Å². The molecule has 7 rings (SSSR count). The van der Waals surface area contributed by atoms with Crippen LogP contribution in [-0.2, 0) is 5.41 Å². The molecule has 0 heterocycles. The van der Waals surface area contributed by atoms with Gasteiger partial charge in [0.05, 0.1) is 20.6 Å². The highest BCUT2D eigenvalue weighted by Gasteiger charge is 2.25. The molecule has 0 aliphatic rings. The molecule has 422 valence electrons. The number of hydrogen-bond acceptors (Lipinski definition) is 1. The first kappa shape index (κ1) is 65.9. The van der Waals surface area contributed by atoms with E-state index in [9.17, 15) is 5.21 Å². The Bertz CT molecular complexity index is 3150. The smallest absolute Gasteiger partial charge is 0.0779 e. The van der Waals surface area contributed by atoms with E-state index in [1.54, 1.807) is 20.2 Å². The van der Waals surface area contributed by atoms with Gasteiger partial charge in [-0.1, -0.05) is 318 Å². The van der Waals surface area contributed by atoms with Gasteiger partial charge >= 0.3 is 0 Å². The van der Waals surface area contributed by atoms with Crippen LogP contribution in [0.5, 0.6) is 0 Å². The summed E-state index contributed by atoms with van der Waals surface area (Å²) in [6.07, 6.45) is 12.4. The van der Waals surface area contributed by atoms with Crippen molar-refractivity contribution in [3.05, 3.63) is 306 Å². The van der Waals surface area contributed by atoms with Crippen molar-refractivity contribution in [2.75, 3.05) is 20.6 Å². The standard InChI is InChI=1S/C67H69NO.C5H8.C4H10.C3H8/c1-9-61(53-33-20-14-21-34-53)65(63(55-37-24-16-25-38-55)50(3)52-31-18-13-19-32-52)57-43-45-58(46-44-57)66(62(10-2)54-35-22-15-23-36-54)64(56-39-26-17-27-40-56)51(4)59-41-30-42-60(49-59)67(5,6)47-28-11-12-29-48-68(7,8)69;1-4-5(2)3;1-4(2)3;1-3-2/h9-10,13-27,30-46,49H,1-2,11-12,28-29,47-48H2,3-8H3;4H,1-2H2,3H3;4H,1-3H3;3H2,1-2H3/b63-50+,64-51+,65-61+,66-62+;;;. The summed E-state index contributed by atoms with van der Waals surface area (Å²) in [6.45, 7) is 38.6. The van der Waals surface area contributed by atoms with Crippen LogP contribution in [0.4, 0.5) is 0 Å². The fourth-order valence-corrected chi connectivity index (χ4v) is 9.65. The minimum absolute atomic E-state index is 0.0247. The summed E-state index contributed by atoms with van der Waals surface area (Å²) in [5.41, 5.74) is 20.4. The Balaban J connectivity index is 0.00000107. The highest BCUT2D eigenvalue weighted by Crippen LogP contribution is 2.46. The molecule has 2 nitrogen and oxygen atoms in total. The van der Waals surface area contributed by atoms with Crippen LogP contribution in [0, 0.1) is 11.1 Å². The number of quaternary nitrogens is 1. The third kappa shape index (κ3) is 20.8. The van der Waals surface area contributed by atoms with E-state index in [1.807, 2.05) is 19.1 Å². The van der Waals surface area contributed by atoms with Crippen LogP contribution in [0.25, 0.3) is 44.6 Å². The molecular formula is C79H95NO. The Morgan fingerprint density at radius 1 is 0.444 bits per heavy atom. The van der Waals surface area contributed by atoms with Crippen LogP contribution in [0.2, 0.25) is 0 Å². The summed E-state index contributed by atoms with van der Waals surface area (Å²) in [7, 11) is 3.47. The van der Waals surface area contributed by atoms with Gasteiger partial charge in [0.15, 0.2) is 0 Å². The van der Waals surface area contributed by atoms with Gasteiger partial charge in [0, 0.05) is 0 Å². The second kappa shape index (κ2) is 33.8. The summed E-state index contributed by atoms with van der Waals surface area (Å²) in [5.74, 6) is 0.833. The Morgan fingerprint density at radius 3 is 1.10 bits per heavy atom. The summed E-state index contributed by atoms with van der Waals surface area (Å²) in [4.78, 5) is 0. The molecule has 0 bridgehead atoms. The first-order chi connectivity index (χ1) is 38.8. The van der Waals surface area contributed by atoms with Gasteiger partial charge in [-0.3, -0.25) is 0 Å². The van der Waals surface area contributed by atoms with Crippen molar-refractivity contribution in [3.8, 4) is 0 Å². The molecule has 0 radical (unpaired) electrons. The number of allylic oxidation sites excluding steroid dienone is 12. The second-order valence-electron chi connectivity index (χ2n) is 22.8. The first-order valence-corrected chi connectivity index (χ1v) is 29.3. The van der Waals surface area contributed by atoms with Crippen LogP contribution in [0.15, 0.2) is 250 Å². The van der Waals surface area contributed by atoms with Gasteiger partial charge in [0.25, 0.3) is 0 Å². The molecule has 0 aromatic heterocycles. The Labute approximate surface area is 491 Å². The number of hydrogen-bond donors (Lipinski definition) is 0. The van der Waals surface area contributed by atoms with Gasteiger partial charge < -0.3 is 9.85 Å². The molecule has 0 amide bonds. The quantitative estimate of drug-likeness (QED) is 0.0231. The zero-order valence-corrected chi connectivity index (χ0v) is 51.5. The summed E-state index contributed by atoms with van der Waals surface area (Å²) >= 11 is 0. The second-order valence-corrected chi connectivity index (χ2v) is 22.8. The van der Waals surface area contributed by atoms with Gasteiger partial charge in [-0.15, -0.1) is 0 Å². The summed E-state index contributed by atoms with van der Waals surface area (Å²) in [5, 5.41) is 12.1. The van der Waals surface area contributed by atoms with E-state index in [2.05, 4.69) is 289 Å². The van der Waals surface area contributed by atoms with E-state index in [1.165, 1.54) is 34.3 Å². The average molecular weight is 1070 g/mol. The van der Waals surface area contributed by atoms with Gasteiger partial charge in [-0.25, -0.2) is 0 Å². The van der Waals surface area contributed by atoms with Gasteiger partial charge in [0.2, 0.25) is 0 Å². The lowest BCUT2D eigenvalue weighted by Gasteiger charge is -2.33. The Kier molecular flexibility index (Phi) is 27.5. The minimum Gasteiger partial charge on any atom is -0.633 e. The predicted octanol–water partition coefficient (Wildman–Crippen LogP) is 22.8. The van der Waals surface area contributed by atoms with Crippen molar-refractivity contribution in [3.63, 3.8) is 0 Å². The molecule has 0 N–H and O–H groups in total. The molecule has 0 spiro atoms. The minimum atomic E-state index is -0.219. The fourth-order valence-electron chi connectivity index (χ4n) is 9.65. The third-order valence-electron chi connectivity index (χ3n) is 13.8. The maximum atomic E-state index is 12.1. The summed E-state index contributed by atoms with van der Waals surface area (Å²) in [6, 6.07) is 72.0. The molecule has 0 atom stereocenters. The monoisotopic (exact) mass is 1070 g/mol. The van der Waals surface area contributed by atoms with Crippen molar-refractivity contribution >= 4 is 44.6 Å². The number of hydroxylamine groups is 3. The van der Waals surface area contributed by atoms with Crippen LogP contribution in [0.3, 0.4) is 0 Å². The molecule has 0 fully saturated rings. The van der Waals surface area contributed by atoms with Gasteiger partial charge in [-0.2, -0.15) is 0 Å². The van der Waals surface area contributed by atoms with E-state index < -0.39 is 0 Å². The molecule has 0 aliphatic carbocycles. The predicted molar refractivity (Wildman–Crippen MR) is 362 cm³/mol. The molecular weight excluding hydrogens is 979 g/mol. The number of unbranched alkanes of at least 4 members (excludes halogenated alkanes) is 3. The van der Waals surface area contributed by atoms with Crippen LogP contribution < -0.4 is 0 Å². The Morgan fingerprint density at radius 2 is 0.753 bits per heavy atom. The maximum absolute atomic E-state index is 12.1. The molecule has 7 aromatic carbocycles. The number of rotatable bonds is 21. The average Bonchev–Trinajstić information content (AvgIpc) is 3.47. The molecule has 0 saturated heterocycles. The largest absolute Gasteiger partial charge is 0.633 e. The van der Waals surface area contributed by atoms with E-state index in [0.29, 0.717) is 6.54 Å². The van der Waals surface area contributed by atoms with Crippen LogP contribution in [-0.4, -0.2) is 25.3 Å². The number of benzene rings is 7. The SMILES string of the molecule is C=C/C(=C(\C(=C(/C)c1ccccc1)c1ccccc1)c1ccc(C(=C(/C=C)c2ccccc2)/C(=C(\C)c2cccc(C(C)(C)CCCCCC[N+](C)(C)[O-])c2)c2ccccc2)cc1)c1ccccc1.C=CC(=C)C.CC(C)C.CCC. The van der Waals surface area contributed by atoms with E-state index in [4.69, 9.17) is 0 Å². The van der Waals surface area contributed by atoms with E-state index in [-0.39, 0.29) is 10.1 Å². The number of nitrogens with zero attached hydrogens (tertiary/aromatic N) is 1. The van der Waals surface area contributed by atoms with Crippen LogP contribution >= 0.6 is 0 Å². The lowest BCUT2D eigenvalue weighted by Crippen LogP contribution is -2.32. The lowest BCUT2D eigenvalue weighted by molar-refractivity contribution is -0.840. The molecule has 0 saturated carbocycles. The molecule has 2 heteroatoms. The fraction of sp³-hybridized carbons (Fsp3) is 0.266. The highest BCUT2D eigenvalue weighted by molar-refractivity contribution is 6.24. The lowest BCUT2D eigenvalue weighted by atomic mass is 9.78. The molecule has 81 heavy (non-hydrogen) atoms. The zero-order chi connectivity index (χ0) is 59.4. The third-order valence-corrected chi connectivity index (χ3v) is 13.8. The first-order valence-electron chi connectivity index (χ1n) is 29.3. The van der Waals surface area contributed by atoms with Gasteiger partial charge in [0.1, 0.15) is 0 Å². The normalized spacial score (nSPS) is 12.5. The highest BCUT2D eigenvalue weighted by atomic mass is 16.5. The van der Waals surface area contributed by atoms with E-state index in [0.717, 1.165) is 110 Å². The zero-order valence-electron chi connectivity index (χ0n) is 51.5. The molecule has 7 aromatic rings. The topological polar surface area (TPSA) is 23.1 Å². The van der Waals surface area contributed by atoms with Crippen molar-refractivity contribution in [1.82, 2.24) is 0 Å².